The van der Waals surface area contributed by atoms with Gasteiger partial charge in [-0.3, -0.25) is 9.69 Å². The Labute approximate surface area is 191 Å². The Hall–Kier alpha value is -2.39. The van der Waals surface area contributed by atoms with Crippen LogP contribution >= 0.6 is 0 Å². The molecule has 1 aliphatic carbocycles. The number of nitrogens with one attached hydrogen (secondary N) is 2. The first kappa shape index (κ1) is 23.8. The molecular weight excluding hydrogens is 433 g/mol. The lowest BCUT2D eigenvalue weighted by molar-refractivity contribution is -0.137. The molecule has 2 heterocycles. The number of benzene rings is 1. The smallest absolute Gasteiger partial charge is 0.393 e. The number of aromatic nitrogens is 1. The van der Waals surface area contributed by atoms with Crippen molar-refractivity contribution in [2.24, 2.45) is 5.92 Å². The van der Waals surface area contributed by atoms with E-state index in [4.69, 9.17) is 0 Å². The number of nitrogens with zero attached hydrogens (tertiary/aromatic N) is 2. The molecule has 2 aromatic rings. The fraction of sp³-hybridized carbons (Fsp3) is 0.583. The standard InChI is InChI=1S/C24H31F3N4O2/c1-2-21(32)16-4-7-19(8-5-16)31-13-18(14-31)30-22(33)12-29-23-20-11-17(24(25,26)27)6-3-15(20)9-10-28-23/h3,6,9-11,16,18-19,21,32H,2,4-5,7-8,12-14H2,1H3,(H,28,29)(H,30,33)/t16-,19+,21?. The second-order valence-electron chi connectivity index (χ2n) is 9.21. The molecule has 4 rings (SSSR count). The molecule has 9 heteroatoms. The lowest BCUT2D eigenvalue weighted by Crippen LogP contribution is -2.63. The number of carbonyl (C=O) groups is 1. The highest BCUT2D eigenvalue weighted by molar-refractivity contribution is 5.93. The predicted octanol–water partition coefficient (Wildman–Crippen LogP) is 3.80. The van der Waals surface area contributed by atoms with Gasteiger partial charge in [0.05, 0.1) is 24.3 Å². The molecule has 1 aromatic carbocycles. The Morgan fingerprint density at radius 2 is 1.94 bits per heavy atom. The van der Waals surface area contributed by atoms with Gasteiger partial charge < -0.3 is 15.7 Å². The molecule has 0 bridgehead atoms. The average molecular weight is 465 g/mol. The maximum Gasteiger partial charge on any atom is 0.416 e. The van der Waals surface area contributed by atoms with Gasteiger partial charge in [-0.05, 0) is 61.6 Å². The summed E-state index contributed by atoms with van der Waals surface area (Å²) in [5, 5.41) is 16.9. The van der Waals surface area contributed by atoms with E-state index >= 15 is 0 Å². The van der Waals surface area contributed by atoms with Crippen LogP contribution in [0.4, 0.5) is 19.0 Å². The summed E-state index contributed by atoms with van der Waals surface area (Å²) >= 11 is 0. The van der Waals surface area contributed by atoms with Gasteiger partial charge in [0.1, 0.15) is 5.82 Å². The summed E-state index contributed by atoms with van der Waals surface area (Å²) in [6.45, 7) is 3.57. The highest BCUT2D eigenvalue weighted by Gasteiger charge is 2.36. The van der Waals surface area contributed by atoms with Crippen molar-refractivity contribution in [3.8, 4) is 0 Å². The van der Waals surface area contributed by atoms with Crippen LogP contribution in [0.25, 0.3) is 10.8 Å². The third kappa shape index (κ3) is 5.58. The molecular formula is C24H31F3N4O2. The highest BCUT2D eigenvalue weighted by atomic mass is 19.4. The van der Waals surface area contributed by atoms with Gasteiger partial charge in [-0.15, -0.1) is 0 Å². The Morgan fingerprint density at radius 3 is 2.61 bits per heavy atom. The topological polar surface area (TPSA) is 77.5 Å². The maximum absolute atomic E-state index is 13.1. The van der Waals surface area contributed by atoms with Crippen LogP contribution in [-0.2, 0) is 11.0 Å². The minimum atomic E-state index is -4.44. The minimum absolute atomic E-state index is 0.0567. The van der Waals surface area contributed by atoms with Gasteiger partial charge in [0, 0.05) is 30.7 Å². The number of amides is 1. The number of hydrogen-bond acceptors (Lipinski definition) is 5. The lowest BCUT2D eigenvalue weighted by atomic mass is 9.80. The number of halogens is 3. The Kier molecular flexibility index (Phi) is 7.09. The molecule has 1 saturated heterocycles. The maximum atomic E-state index is 13.1. The number of aliphatic hydroxyl groups is 1. The summed E-state index contributed by atoms with van der Waals surface area (Å²) in [7, 11) is 0. The van der Waals surface area contributed by atoms with E-state index in [1.165, 1.54) is 12.3 Å². The van der Waals surface area contributed by atoms with Crippen molar-refractivity contribution in [1.29, 1.82) is 0 Å². The number of pyridine rings is 1. The third-order valence-electron chi connectivity index (χ3n) is 7.00. The number of alkyl halides is 3. The number of anilines is 1. The van der Waals surface area contributed by atoms with Crippen molar-refractivity contribution in [2.45, 2.75) is 63.4 Å². The summed E-state index contributed by atoms with van der Waals surface area (Å²) in [4.78, 5) is 18.9. The highest BCUT2D eigenvalue weighted by Crippen LogP contribution is 2.34. The van der Waals surface area contributed by atoms with E-state index in [0.717, 1.165) is 57.3 Å². The fourth-order valence-corrected chi connectivity index (χ4v) is 5.02. The van der Waals surface area contributed by atoms with Crippen molar-refractivity contribution in [2.75, 3.05) is 25.0 Å². The molecule has 1 aromatic heterocycles. The third-order valence-corrected chi connectivity index (χ3v) is 7.00. The molecule has 1 atom stereocenters. The molecule has 3 N–H and O–H groups in total. The van der Waals surface area contributed by atoms with Crippen LogP contribution in [0, 0.1) is 5.92 Å². The van der Waals surface area contributed by atoms with Crippen molar-refractivity contribution in [3.05, 3.63) is 36.0 Å². The average Bonchev–Trinajstić information content (AvgIpc) is 2.78. The van der Waals surface area contributed by atoms with Gasteiger partial charge in [-0.25, -0.2) is 4.98 Å². The first-order valence-electron chi connectivity index (χ1n) is 11.7. The second kappa shape index (κ2) is 9.85. The van der Waals surface area contributed by atoms with E-state index in [-0.39, 0.29) is 30.4 Å². The van der Waals surface area contributed by atoms with Crippen LogP contribution in [0.2, 0.25) is 0 Å². The van der Waals surface area contributed by atoms with E-state index in [2.05, 4.69) is 20.5 Å². The van der Waals surface area contributed by atoms with Crippen molar-refractivity contribution in [1.82, 2.24) is 15.2 Å². The molecule has 2 fully saturated rings. The number of carbonyl (C=O) groups excluding carboxylic acids is 1. The molecule has 1 aliphatic heterocycles. The second-order valence-corrected chi connectivity index (χ2v) is 9.21. The Balaban J connectivity index is 1.24. The van der Waals surface area contributed by atoms with Gasteiger partial charge in [0.2, 0.25) is 5.91 Å². The van der Waals surface area contributed by atoms with Gasteiger partial charge in [-0.1, -0.05) is 13.0 Å². The number of aliphatic hydroxyl groups excluding tert-OH is 1. The number of fused-ring (bicyclic) bond motifs is 1. The molecule has 6 nitrogen and oxygen atoms in total. The van der Waals surface area contributed by atoms with Gasteiger partial charge >= 0.3 is 6.18 Å². The van der Waals surface area contributed by atoms with E-state index in [9.17, 15) is 23.1 Å². The molecule has 0 radical (unpaired) electrons. The molecule has 2 aliphatic rings. The lowest BCUT2D eigenvalue weighted by Gasteiger charge is -2.47. The molecule has 33 heavy (non-hydrogen) atoms. The Bertz CT molecular complexity index is 970. The van der Waals surface area contributed by atoms with E-state index in [1.807, 2.05) is 6.92 Å². The summed E-state index contributed by atoms with van der Waals surface area (Å²) in [5.41, 5.74) is -0.747. The van der Waals surface area contributed by atoms with E-state index < -0.39 is 11.7 Å². The van der Waals surface area contributed by atoms with Gasteiger partial charge in [0.15, 0.2) is 0 Å². The number of hydrogen-bond donors (Lipinski definition) is 3. The monoisotopic (exact) mass is 464 g/mol. The first-order chi connectivity index (χ1) is 15.7. The zero-order chi connectivity index (χ0) is 23.6. The van der Waals surface area contributed by atoms with E-state index in [1.54, 1.807) is 6.07 Å². The SMILES string of the molecule is CCC(O)[C@H]1CC[C@@H](N2CC(NC(=O)CNc3nccc4ccc(C(F)(F)F)cc34)C2)CC1. The number of rotatable bonds is 7. The summed E-state index contributed by atoms with van der Waals surface area (Å²) < 4.78 is 39.2. The van der Waals surface area contributed by atoms with Crippen molar-refractivity contribution in [3.63, 3.8) is 0 Å². The van der Waals surface area contributed by atoms with Crippen LogP contribution in [0.5, 0.6) is 0 Å². The molecule has 0 spiro atoms. The largest absolute Gasteiger partial charge is 0.416 e. The van der Waals surface area contributed by atoms with Crippen LogP contribution in [0.15, 0.2) is 30.5 Å². The van der Waals surface area contributed by atoms with Gasteiger partial charge in [0.25, 0.3) is 0 Å². The van der Waals surface area contributed by atoms with Crippen LogP contribution in [-0.4, -0.2) is 58.7 Å². The minimum Gasteiger partial charge on any atom is -0.393 e. The summed E-state index contributed by atoms with van der Waals surface area (Å²) in [6, 6.07) is 5.74. The summed E-state index contributed by atoms with van der Waals surface area (Å²) in [5.74, 6) is 0.458. The molecule has 1 unspecified atom stereocenters. The van der Waals surface area contributed by atoms with Crippen molar-refractivity contribution < 1.29 is 23.1 Å². The van der Waals surface area contributed by atoms with Crippen molar-refractivity contribution >= 4 is 22.5 Å². The van der Waals surface area contributed by atoms with Crippen LogP contribution in [0.1, 0.15) is 44.6 Å². The molecule has 1 saturated carbocycles. The molecule has 1 amide bonds. The zero-order valence-corrected chi connectivity index (χ0v) is 18.7. The predicted molar refractivity (Wildman–Crippen MR) is 121 cm³/mol. The summed E-state index contributed by atoms with van der Waals surface area (Å²) in [6.07, 6.45) is 1.93. The number of likely N-dealkylation sites (tertiary alicyclic amines) is 1. The van der Waals surface area contributed by atoms with Crippen LogP contribution in [0.3, 0.4) is 0 Å². The normalized spacial score (nSPS) is 23.2. The molecule has 180 valence electrons. The van der Waals surface area contributed by atoms with Crippen LogP contribution < -0.4 is 10.6 Å². The van der Waals surface area contributed by atoms with Gasteiger partial charge in [-0.2, -0.15) is 13.2 Å². The quantitative estimate of drug-likeness (QED) is 0.581. The first-order valence-corrected chi connectivity index (χ1v) is 11.7. The zero-order valence-electron chi connectivity index (χ0n) is 18.7. The van der Waals surface area contributed by atoms with E-state index in [0.29, 0.717) is 22.7 Å². The fourth-order valence-electron chi connectivity index (χ4n) is 5.02. The Morgan fingerprint density at radius 1 is 1.21 bits per heavy atom.